The van der Waals surface area contributed by atoms with E-state index < -0.39 is 46.6 Å². The van der Waals surface area contributed by atoms with E-state index in [1.54, 1.807) is 0 Å². The Bertz CT molecular complexity index is 646. The van der Waals surface area contributed by atoms with Gasteiger partial charge in [-0.2, -0.15) is 0 Å². The Morgan fingerprint density at radius 3 is 1.79 bits per heavy atom. The fraction of sp³-hybridized carbons (Fsp3) is 0.429. The van der Waals surface area contributed by atoms with Gasteiger partial charge in [-0.15, -0.1) is 0 Å². The molecule has 1 N–H and O–H groups in total. The molecule has 10 heteroatoms. The molecule has 2 rings (SSSR count). The number of rotatable bonds is 2. The van der Waals surface area contributed by atoms with E-state index in [9.17, 15) is 31.5 Å². The summed E-state index contributed by atoms with van der Waals surface area (Å²) in [4.78, 5) is 26.9. The third-order valence-corrected chi connectivity index (χ3v) is 3.75. The number of carbonyl (C=O) groups is 2. The van der Waals surface area contributed by atoms with E-state index >= 15 is 0 Å². The Hall–Kier alpha value is -2.23. The second-order valence-electron chi connectivity index (χ2n) is 5.13. The number of hydrogen-bond donors (Lipinski definition) is 1. The van der Waals surface area contributed by atoms with Crippen molar-refractivity contribution in [3.05, 3.63) is 29.1 Å². The van der Waals surface area contributed by atoms with E-state index in [2.05, 4.69) is 0 Å². The maximum absolute atomic E-state index is 13.5. The summed E-state index contributed by atoms with van der Waals surface area (Å²) < 4.78 is 66.1. The lowest BCUT2D eigenvalue weighted by Crippen LogP contribution is -2.51. The van der Waals surface area contributed by atoms with Crippen molar-refractivity contribution in [3.8, 4) is 0 Å². The molecule has 1 aliphatic heterocycles. The number of carbonyl (C=O) groups excluding carboxylic acids is 2. The van der Waals surface area contributed by atoms with Gasteiger partial charge in [-0.05, 0) is 6.54 Å². The molecule has 1 aliphatic rings. The lowest BCUT2D eigenvalue weighted by Gasteiger charge is -2.33. The van der Waals surface area contributed by atoms with Crippen molar-refractivity contribution in [2.75, 3.05) is 38.0 Å². The first-order valence-corrected chi connectivity index (χ1v) is 7.12. The fourth-order valence-electron chi connectivity index (χ4n) is 2.29. The van der Waals surface area contributed by atoms with Crippen LogP contribution in [0.5, 0.6) is 0 Å². The average molecular weight is 351 g/mol. The molecule has 1 aromatic carbocycles. The van der Waals surface area contributed by atoms with Crippen molar-refractivity contribution >= 4 is 17.5 Å². The van der Waals surface area contributed by atoms with Gasteiger partial charge in [-0.1, -0.05) is 6.92 Å². The Morgan fingerprint density at radius 1 is 0.875 bits per heavy atom. The van der Waals surface area contributed by atoms with Gasteiger partial charge in [0.05, 0.1) is 0 Å². The number of nitrogens with one attached hydrogen (secondary N) is 1. The molecule has 1 aromatic rings. The topological polar surface area (TPSA) is 52.7 Å². The van der Waals surface area contributed by atoms with Crippen molar-refractivity contribution < 1.29 is 31.5 Å². The Balaban J connectivity index is 2.14. The number of likely N-dealkylation sites (N-methyl/N-ethyl adjacent to an activating group) is 1. The van der Waals surface area contributed by atoms with Gasteiger partial charge in [0.25, 0.3) is 0 Å². The number of hydrogen-bond acceptors (Lipinski definition) is 3. The van der Waals surface area contributed by atoms with Crippen LogP contribution in [0, 0.1) is 29.1 Å². The van der Waals surface area contributed by atoms with E-state index in [1.807, 2.05) is 11.8 Å². The minimum Gasteiger partial charge on any atom is -0.332 e. The van der Waals surface area contributed by atoms with Crippen molar-refractivity contribution in [3.63, 3.8) is 0 Å². The molecular formula is C14H14F5N3O2. The van der Waals surface area contributed by atoms with Gasteiger partial charge >= 0.3 is 11.8 Å². The van der Waals surface area contributed by atoms with Gasteiger partial charge in [0.15, 0.2) is 23.3 Å². The molecule has 0 atom stereocenters. The molecule has 132 valence electrons. The number of benzene rings is 1. The van der Waals surface area contributed by atoms with Gasteiger partial charge in [-0.25, -0.2) is 22.0 Å². The molecule has 0 aliphatic carbocycles. The monoisotopic (exact) mass is 351 g/mol. The van der Waals surface area contributed by atoms with Gasteiger partial charge in [0.1, 0.15) is 5.69 Å². The van der Waals surface area contributed by atoms with Crippen molar-refractivity contribution in [2.45, 2.75) is 6.92 Å². The summed E-state index contributed by atoms with van der Waals surface area (Å²) in [6, 6.07) is 0. The van der Waals surface area contributed by atoms with Crippen LogP contribution >= 0.6 is 0 Å². The van der Waals surface area contributed by atoms with E-state index in [-0.39, 0.29) is 13.1 Å². The van der Waals surface area contributed by atoms with Crippen LogP contribution in [0.4, 0.5) is 27.6 Å². The molecule has 0 bridgehead atoms. The van der Waals surface area contributed by atoms with Crippen LogP contribution in [0.15, 0.2) is 0 Å². The minimum atomic E-state index is -2.34. The predicted octanol–water partition coefficient (Wildman–Crippen LogP) is 1.48. The van der Waals surface area contributed by atoms with E-state index in [0.717, 1.165) is 11.4 Å². The highest BCUT2D eigenvalue weighted by Gasteiger charge is 2.30. The molecule has 0 saturated carbocycles. The highest BCUT2D eigenvalue weighted by atomic mass is 19.2. The number of nitrogens with zero attached hydrogens (tertiary/aromatic N) is 2. The molecular weight excluding hydrogens is 337 g/mol. The molecule has 24 heavy (non-hydrogen) atoms. The first kappa shape index (κ1) is 18.1. The summed E-state index contributed by atoms with van der Waals surface area (Å²) in [5, 5.41) is 1.47. The largest absolute Gasteiger partial charge is 0.332 e. The smallest absolute Gasteiger partial charge is 0.314 e. The van der Waals surface area contributed by atoms with Crippen molar-refractivity contribution in [1.82, 2.24) is 9.80 Å². The number of amides is 2. The molecule has 0 unspecified atom stereocenters. The normalized spacial score (nSPS) is 15.5. The third-order valence-electron chi connectivity index (χ3n) is 3.75. The van der Waals surface area contributed by atoms with Crippen LogP contribution in [0.2, 0.25) is 0 Å². The third kappa shape index (κ3) is 3.32. The van der Waals surface area contributed by atoms with E-state index in [4.69, 9.17) is 0 Å². The quantitative estimate of drug-likeness (QED) is 0.380. The summed E-state index contributed by atoms with van der Waals surface area (Å²) in [7, 11) is 0. The Labute approximate surface area is 134 Å². The number of piperazine rings is 1. The zero-order valence-electron chi connectivity index (χ0n) is 12.6. The highest BCUT2D eigenvalue weighted by molar-refractivity contribution is 6.39. The second kappa shape index (κ2) is 7.12. The molecule has 1 saturated heterocycles. The zero-order chi connectivity index (χ0) is 18.0. The van der Waals surface area contributed by atoms with Gasteiger partial charge in [0.2, 0.25) is 5.82 Å². The molecule has 1 fully saturated rings. The van der Waals surface area contributed by atoms with Crippen LogP contribution < -0.4 is 5.32 Å². The van der Waals surface area contributed by atoms with Gasteiger partial charge in [-0.3, -0.25) is 9.59 Å². The first-order valence-electron chi connectivity index (χ1n) is 7.12. The van der Waals surface area contributed by atoms with Crippen molar-refractivity contribution in [1.29, 1.82) is 0 Å². The molecule has 1 heterocycles. The van der Waals surface area contributed by atoms with Crippen LogP contribution in [-0.2, 0) is 9.59 Å². The Kier molecular flexibility index (Phi) is 5.37. The molecule has 5 nitrogen and oxygen atoms in total. The average Bonchev–Trinajstić information content (AvgIpc) is 2.61. The molecule has 0 aromatic heterocycles. The second-order valence-corrected chi connectivity index (χ2v) is 5.13. The first-order chi connectivity index (χ1) is 11.3. The highest BCUT2D eigenvalue weighted by Crippen LogP contribution is 2.27. The summed E-state index contributed by atoms with van der Waals surface area (Å²) >= 11 is 0. The van der Waals surface area contributed by atoms with Crippen LogP contribution in [0.3, 0.4) is 0 Å². The summed E-state index contributed by atoms with van der Waals surface area (Å²) in [6.45, 7) is 4.15. The maximum Gasteiger partial charge on any atom is 0.314 e. The fourth-order valence-corrected chi connectivity index (χ4v) is 2.29. The Morgan fingerprint density at radius 2 is 1.33 bits per heavy atom. The minimum absolute atomic E-state index is 0.219. The maximum atomic E-state index is 13.5. The van der Waals surface area contributed by atoms with Crippen LogP contribution in [-0.4, -0.2) is 54.3 Å². The van der Waals surface area contributed by atoms with Gasteiger partial charge < -0.3 is 15.1 Å². The van der Waals surface area contributed by atoms with E-state index in [0.29, 0.717) is 13.1 Å². The predicted molar refractivity (Wildman–Crippen MR) is 73.6 cm³/mol. The standard InChI is InChI=1S/C14H14F5N3O2/c1-2-21-3-5-22(6-4-21)14(24)13(23)20-12-10(18)8(16)7(15)9(17)11(12)19/h2-6H2,1H3,(H,20,23). The zero-order valence-corrected chi connectivity index (χ0v) is 12.6. The summed E-state index contributed by atoms with van der Waals surface area (Å²) in [6.07, 6.45) is 0. The molecule has 0 spiro atoms. The summed E-state index contributed by atoms with van der Waals surface area (Å²) in [5.74, 6) is -13.7. The lowest BCUT2D eigenvalue weighted by atomic mass is 10.2. The number of halogens is 5. The van der Waals surface area contributed by atoms with Crippen LogP contribution in [0.1, 0.15) is 6.92 Å². The van der Waals surface area contributed by atoms with Gasteiger partial charge in [0, 0.05) is 26.2 Å². The van der Waals surface area contributed by atoms with Crippen LogP contribution in [0.25, 0.3) is 0 Å². The van der Waals surface area contributed by atoms with Crippen molar-refractivity contribution in [2.24, 2.45) is 0 Å². The molecule has 2 amide bonds. The lowest BCUT2D eigenvalue weighted by molar-refractivity contribution is -0.144. The summed E-state index contributed by atoms with van der Waals surface area (Å²) in [5.41, 5.74) is -1.54. The van der Waals surface area contributed by atoms with E-state index in [1.165, 1.54) is 5.32 Å². The number of anilines is 1. The SMILES string of the molecule is CCN1CCN(C(=O)C(=O)Nc2c(F)c(F)c(F)c(F)c2F)CC1. The molecule has 0 radical (unpaired) electrons.